The molecular weight excluding hydrogens is 238 g/mol. The third-order valence-corrected chi connectivity index (χ3v) is 2.37. The highest BCUT2D eigenvalue weighted by atomic mass is 19.1. The van der Waals surface area contributed by atoms with E-state index < -0.39 is 17.7 Å². The summed E-state index contributed by atoms with van der Waals surface area (Å²) in [6.07, 6.45) is 6.22. The Morgan fingerprint density at radius 2 is 2.22 bits per heavy atom. The minimum atomic E-state index is -0.824. The van der Waals surface area contributed by atoms with E-state index in [9.17, 15) is 13.6 Å². The third kappa shape index (κ3) is 4.06. The molecule has 18 heavy (non-hydrogen) atoms. The van der Waals surface area contributed by atoms with E-state index in [0.29, 0.717) is 18.9 Å². The van der Waals surface area contributed by atoms with Crippen molar-refractivity contribution in [3.63, 3.8) is 0 Å². The van der Waals surface area contributed by atoms with Crippen LogP contribution in [0.15, 0.2) is 18.2 Å². The lowest BCUT2D eigenvalue weighted by Crippen LogP contribution is -2.37. The zero-order chi connectivity index (χ0) is 13.5. The molecule has 2 N–H and O–H groups in total. The lowest BCUT2D eigenvalue weighted by molar-refractivity contribution is 0.248. The van der Waals surface area contributed by atoms with Gasteiger partial charge in [0.15, 0.2) is 0 Å². The molecule has 0 fully saturated rings. The van der Waals surface area contributed by atoms with Gasteiger partial charge in [0.25, 0.3) is 0 Å². The van der Waals surface area contributed by atoms with Crippen LogP contribution >= 0.6 is 0 Å². The molecule has 96 valence electrons. The molecule has 5 heteroatoms. The molecule has 0 aliphatic rings. The molecular formula is C13H14F2N2O. The van der Waals surface area contributed by atoms with Gasteiger partial charge in [0, 0.05) is 18.5 Å². The molecule has 1 rings (SSSR count). The van der Waals surface area contributed by atoms with Gasteiger partial charge in [-0.05, 0) is 18.6 Å². The Morgan fingerprint density at radius 1 is 1.50 bits per heavy atom. The number of benzene rings is 1. The molecule has 1 aromatic rings. The predicted molar refractivity (Wildman–Crippen MR) is 66.0 cm³/mol. The minimum absolute atomic E-state index is 0.0792. The highest BCUT2D eigenvalue weighted by Crippen LogP contribution is 2.14. The summed E-state index contributed by atoms with van der Waals surface area (Å²) in [5.74, 6) is 0.920. The number of anilines is 1. The van der Waals surface area contributed by atoms with Gasteiger partial charge in [-0.2, -0.15) is 0 Å². The molecule has 0 bridgehead atoms. The fourth-order valence-electron chi connectivity index (χ4n) is 1.37. The fourth-order valence-corrected chi connectivity index (χ4v) is 1.37. The maximum Gasteiger partial charge on any atom is 0.319 e. The molecule has 1 atom stereocenters. The maximum absolute atomic E-state index is 13.3. The number of carbonyl (C=O) groups excluding carboxylic acids is 1. The van der Waals surface area contributed by atoms with Gasteiger partial charge in [0.05, 0.1) is 5.69 Å². The molecule has 1 aromatic carbocycles. The van der Waals surface area contributed by atoms with E-state index in [1.165, 1.54) is 0 Å². The molecule has 0 spiro atoms. The molecule has 1 unspecified atom stereocenters. The molecule has 0 saturated heterocycles. The summed E-state index contributed by atoms with van der Waals surface area (Å²) in [5.41, 5.74) is -0.0792. The van der Waals surface area contributed by atoms with Crippen LogP contribution in [0.2, 0.25) is 0 Å². The SMILES string of the molecule is C#CCC(CC)NC(=O)Nc1ccc(F)cc1F. The van der Waals surface area contributed by atoms with E-state index in [-0.39, 0.29) is 11.7 Å². The van der Waals surface area contributed by atoms with Gasteiger partial charge in [-0.25, -0.2) is 13.6 Å². The van der Waals surface area contributed by atoms with Crippen molar-refractivity contribution in [2.24, 2.45) is 0 Å². The van der Waals surface area contributed by atoms with Crippen molar-refractivity contribution in [2.75, 3.05) is 5.32 Å². The van der Waals surface area contributed by atoms with Gasteiger partial charge < -0.3 is 10.6 Å². The number of halogens is 2. The Labute approximate surface area is 105 Å². The normalized spacial score (nSPS) is 11.4. The fraction of sp³-hybridized carbons (Fsp3) is 0.308. The first-order valence-electron chi connectivity index (χ1n) is 5.52. The average Bonchev–Trinajstić information content (AvgIpc) is 2.32. The van der Waals surface area contributed by atoms with Crippen molar-refractivity contribution in [1.29, 1.82) is 0 Å². The zero-order valence-electron chi connectivity index (χ0n) is 9.97. The number of hydrogen-bond donors (Lipinski definition) is 2. The van der Waals surface area contributed by atoms with Crippen LogP contribution in [0.1, 0.15) is 19.8 Å². The number of hydrogen-bond acceptors (Lipinski definition) is 1. The Balaban J connectivity index is 2.62. The molecule has 0 aliphatic carbocycles. The molecule has 0 saturated carbocycles. The van der Waals surface area contributed by atoms with E-state index in [1.807, 2.05) is 6.92 Å². The van der Waals surface area contributed by atoms with Crippen LogP contribution in [0.3, 0.4) is 0 Å². The molecule has 2 amide bonds. The number of urea groups is 1. The van der Waals surface area contributed by atoms with Crippen LogP contribution in [0.4, 0.5) is 19.3 Å². The molecule has 3 nitrogen and oxygen atoms in total. The number of nitrogens with one attached hydrogen (secondary N) is 2. The van der Waals surface area contributed by atoms with Crippen molar-refractivity contribution in [1.82, 2.24) is 5.32 Å². The first-order chi connectivity index (χ1) is 8.56. The molecule has 0 heterocycles. The largest absolute Gasteiger partial charge is 0.334 e. The van der Waals surface area contributed by atoms with E-state index in [2.05, 4.69) is 16.6 Å². The smallest absolute Gasteiger partial charge is 0.319 e. The lowest BCUT2D eigenvalue weighted by atomic mass is 10.1. The number of amides is 2. The van der Waals surface area contributed by atoms with Gasteiger partial charge >= 0.3 is 6.03 Å². The Bertz CT molecular complexity index is 469. The minimum Gasteiger partial charge on any atom is -0.334 e. The molecule has 0 radical (unpaired) electrons. The van der Waals surface area contributed by atoms with Crippen molar-refractivity contribution >= 4 is 11.7 Å². The van der Waals surface area contributed by atoms with Crippen molar-refractivity contribution < 1.29 is 13.6 Å². The second-order valence-corrected chi connectivity index (χ2v) is 3.74. The number of terminal acetylenes is 1. The second kappa shape index (κ2) is 6.60. The lowest BCUT2D eigenvalue weighted by Gasteiger charge is -2.15. The Morgan fingerprint density at radius 3 is 2.78 bits per heavy atom. The van der Waals surface area contributed by atoms with E-state index in [1.54, 1.807) is 0 Å². The summed E-state index contributed by atoms with van der Waals surface area (Å²) < 4.78 is 25.9. The molecule has 0 aliphatic heterocycles. The van der Waals surface area contributed by atoms with Gasteiger partial charge in [-0.3, -0.25) is 0 Å². The topological polar surface area (TPSA) is 41.1 Å². The monoisotopic (exact) mass is 252 g/mol. The number of carbonyl (C=O) groups is 1. The Hall–Kier alpha value is -2.09. The highest BCUT2D eigenvalue weighted by molar-refractivity contribution is 5.89. The van der Waals surface area contributed by atoms with E-state index in [0.717, 1.165) is 12.1 Å². The maximum atomic E-state index is 13.3. The van der Waals surface area contributed by atoms with Crippen molar-refractivity contribution in [2.45, 2.75) is 25.8 Å². The zero-order valence-corrected chi connectivity index (χ0v) is 9.97. The third-order valence-electron chi connectivity index (χ3n) is 2.37. The standard InChI is InChI=1S/C13H14F2N2O/c1-3-5-10(4-2)16-13(18)17-12-7-6-9(14)8-11(12)15/h1,6-8,10H,4-5H2,2H3,(H2,16,17,18). The first kappa shape index (κ1) is 14.0. The van der Waals surface area contributed by atoms with Crippen molar-refractivity contribution in [3.05, 3.63) is 29.8 Å². The Kier molecular flexibility index (Phi) is 5.12. The first-order valence-corrected chi connectivity index (χ1v) is 5.52. The average molecular weight is 252 g/mol. The van der Waals surface area contributed by atoms with Crippen molar-refractivity contribution in [3.8, 4) is 12.3 Å². The second-order valence-electron chi connectivity index (χ2n) is 3.74. The summed E-state index contributed by atoms with van der Waals surface area (Å²) in [6, 6.07) is 2.19. The van der Waals surface area contributed by atoms with Crippen LogP contribution in [-0.4, -0.2) is 12.1 Å². The van der Waals surface area contributed by atoms with E-state index in [4.69, 9.17) is 6.42 Å². The summed E-state index contributed by atoms with van der Waals surface area (Å²) in [7, 11) is 0. The van der Waals surface area contributed by atoms with Crippen LogP contribution in [-0.2, 0) is 0 Å². The highest BCUT2D eigenvalue weighted by Gasteiger charge is 2.11. The van der Waals surface area contributed by atoms with Crippen LogP contribution in [0, 0.1) is 24.0 Å². The van der Waals surface area contributed by atoms with Gasteiger partial charge in [0.1, 0.15) is 11.6 Å². The van der Waals surface area contributed by atoms with Crippen LogP contribution < -0.4 is 10.6 Å². The summed E-state index contributed by atoms with van der Waals surface area (Å²) in [5, 5.41) is 4.91. The van der Waals surface area contributed by atoms with Gasteiger partial charge in [-0.15, -0.1) is 12.3 Å². The predicted octanol–water partition coefficient (Wildman–Crippen LogP) is 2.89. The van der Waals surface area contributed by atoms with Gasteiger partial charge in [-0.1, -0.05) is 6.92 Å². The quantitative estimate of drug-likeness (QED) is 0.795. The summed E-state index contributed by atoms with van der Waals surface area (Å²) in [4.78, 5) is 11.5. The van der Waals surface area contributed by atoms with E-state index >= 15 is 0 Å². The summed E-state index contributed by atoms with van der Waals surface area (Å²) >= 11 is 0. The van der Waals surface area contributed by atoms with Gasteiger partial charge in [0.2, 0.25) is 0 Å². The van der Waals surface area contributed by atoms with Crippen LogP contribution in [0.25, 0.3) is 0 Å². The van der Waals surface area contributed by atoms with Crippen LogP contribution in [0.5, 0.6) is 0 Å². The summed E-state index contributed by atoms with van der Waals surface area (Å²) in [6.45, 7) is 1.88. The molecule has 0 aromatic heterocycles. The number of rotatable bonds is 4.